The Morgan fingerprint density at radius 1 is 1.32 bits per heavy atom. The molecule has 1 rings (SSSR count). The minimum absolute atomic E-state index is 0.129. The Bertz CT molecular complexity index is 684. The van der Waals surface area contributed by atoms with Crippen molar-refractivity contribution in [3.63, 3.8) is 0 Å². The van der Waals surface area contributed by atoms with Gasteiger partial charge in [-0.2, -0.15) is 0 Å². The smallest absolute Gasteiger partial charge is 0.383 e. The van der Waals surface area contributed by atoms with E-state index in [0.717, 1.165) is 4.68 Å². The predicted octanol–water partition coefficient (Wildman–Crippen LogP) is 3.27. The van der Waals surface area contributed by atoms with Gasteiger partial charge in [0, 0.05) is 7.05 Å². The second kappa shape index (κ2) is 6.91. The Kier molecular flexibility index (Phi) is 6.12. The minimum Gasteiger partial charge on any atom is -0.402 e. The van der Waals surface area contributed by atoms with Gasteiger partial charge < -0.3 is 4.52 Å². The van der Waals surface area contributed by atoms with E-state index in [2.05, 4.69) is 5.10 Å². The zero-order chi connectivity index (χ0) is 17.3. The first kappa shape index (κ1) is 19.5. The zero-order valence-corrected chi connectivity index (χ0v) is 16.0. The monoisotopic (exact) mass is 372 g/mol. The number of aryl methyl sites for hydroxylation is 1. The van der Waals surface area contributed by atoms with Crippen LogP contribution in [0.4, 0.5) is 0 Å². The van der Waals surface area contributed by atoms with E-state index in [1.54, 1.807) is 27.7 Å². The molecule has 0 bridgehead atoms. The number of hydrogen-bond acceptors (Lipinski definition) is 6. The molecule has 1 heterocycles. The van der Waals surface area contributed by atoms with Crippen LogP contribution >= 0.6 is 19.2 Å². The number of halogens is 1. The summed E-state index contributed by atoms with van der Waals surface area (Å²) in [5, 5.41) is 3.59. The molecule has 7 nitrogen and oxygen atoms in total. The van der Waals surface area contributed by atoms with Crippen LogP contribution in [0.3, 0.4) is 0 Å². The normalized spacial score (nSPS) is 15.3. The highest BCUT2D eigenvalue weighted by molar-refractivity contribution is 7.91. The molecule has 0 saturated heterocycles. The third-order valence-corrected chi connectivity index (χ3v) is 7.47. The van der Waals surface area contributed by atoms with Crippen LogP contribution in [-0.2, 0) is 26.0 Å². The van der Waals surface area contributed by atoms with E-state index >= 15 is 0 Å². The van der Waals surface area contributed by atoms with Crippen LogP contribution in [0.1, 0.15) is 34.6 Å². The Labute approximate surface area is 136 Å². The second-order valence-corrected chi connectivity index (χ2v) is 10.4. The lowest BCUT2D eigenvalue weighted by Crippen LogP contribution is -2.12. The van der Waals surface area contributed by atoms with Crippen LogP contribution in [0.5, 0.6) is 5.88 Å². The van der Waals surface area contributed by atoms with Gasteiger partial charge in [-0.3, -0.25) is 9.21 Å². The van der Waals surface area contributed by atoms with Crippen molar-refractivity contribution in [1.29, 1.82) is 0 Å². The highest BCUT2D eigenvalue weighted by Crippen LogP contribution is 2.54. The minimum atomic E-state index is -3.58. The van der Waals surface area contributed by atoms with Gasteiger partial charge in [0.2, 0.25) is 0 Å². The molecule has 0 amide bonds. The van der Waals surface area contributed by atoms with Gasteiger partial charge in [0.1, 0.15) is 5.02 Å². The molecule has 1 aromatic rings. The third kappa shape index (κ3) is 4.04. The standard InChI is InChI=1S/C12H22ClN2O5PS/c1-7-22(17,18)12-10(13)11(14-15(12)6)20-21(16,9(4)5)19-8(2)3/h8-9H,7H2,1-6H3. The summed E-state index contributed by atoms with van der Waals surface area (Å²) < 4.78 is 48.8. The topological polar surface area (TPSA) is 87.5 Å². The molecule has 22 heavy (non-hydrogen) atoms. The molecule has 0 saturated carbocycles. The van der Waals surface area contributed by atoms with Crippen LogP contribution in [0.15, 0.2) is 5.03 Å². The molecular weight excluding hydrogens is 351 g/mol. The Morgan fingerprint density at radius 3 is 2.27 bits per heavy atom. The molecule has 0 aliphatic carbocycles. The van der Waals surface area contributed by atoms with Gasteiger partial charge in [0.15, 0.2) is 14.9 Å². The van der Waals surface area contributed by atoms with E-state index < -0.39 is 23.1 Å². The fraction of sp³-hybridized carbons (Fsp3) is 0.750. The quantitative estimate of drug-likeness (QED) is 0.682. The summed E-state index contributed by atoms with van der Waals surface area (Å²) in [7, 11) is -5.66. The van der Waals surface area contributed by atoms with Gasteiger partial charge in [0.25, 0.3) is 5.88 Å². The van der Waals surface area contributed by atoms with Crippen molar-refractivity contribution < 1.29 is 22.0 Å². The number of hydrogen-bond donors (Lipinski definition) is 0. The average molecular weight is 373 g/mol. The Balaban J connectivity index is 3.30. The summed E-state index contributed by atoms with van der Waals surface area (Å²) in [6, 6.07) is 0. The summed E-state index contributed by atoms with van der Waals surface area (Å²) in [5.74, 6) is -0.329. The summed E-state index contributed by atoms with van der Waals surface area (Å²) in [6.07, 6.45) is -0.324. The molecular formula is C12H22ClN2O5PS. The lowest BCUT2D eigenvalue weighted by Gasteiger charge is -2.23. The van der Waals surface area contributed by atoms with Crippen LogP contribution in [0.25, 0.3) is 0 Å². The van der Waals surface area contributed by atoms with E-state index in [-0.39, 0.29) is 27.8 Å². The summed E-state index contributed by atoms with van der Waals surface area (Å²) in [4.78, 5) is 0. The van der Waals surface area contributed by atoms with Gasteiger partial charge in [-0.25, -0.2) is 13.0 Å². The van der Waals surface area contributed by atoms with E-state index in [9.17, 15) is 13.0 Å². The average Bonchev–Trinajstić information content (AvgIpc) is 2.63. The molecule has 1 unspecified atom stereocenters. The van der Waals surface area contributed by atoms with Crippen molar-refractivity contribution in [1.82, 2.24) is 9.78 Å². The van der Waals surface area contributed by atoms with Crippen LogP contribution in [0, 0.1) is 0 Å². The first-order valence-corrected chi connectivity index (χ1v) is 10.5. The molecule has 0 fully saturated rings. The molecule has 1 atom stereocenters. The van der Waals surface area contributed by atoms with Gasteiger partial charge in [-0.1, -0.05) is 32.4 Å². The van der Waals surface area contributed by atoms with Crippen molar-refractivity contribution in [2.24, 2.45) is 7.05 Å². The van der Waals surface area contributed by atoms with Crippen molar-refractivity contribution in [3.05, 3.63) is 5.02 Å². The molecule has 128 valence electrons. The van der Waals surface area contributed by atoms with Gasteiger partial charge in [0.05, 0.1) is 17.5 Å². The summed E-state index contributed by atoms with van der Waals surface area (Å²) >= 11 is 6.08. The largest absolute Gasteiger partial charge is 0.402 e. The van der Waals surface area contributed by atoms with Crippen LogP contribution in [-0.4, -0.2) is 35.7 Å². The maximum absolute atomic E-state index is 12.8. The maximum atomic E-state index is 12.8. The van der Waals surface area contributed by atoms with Gasteiger partial charge >= 0.3 is 7.60 Å². The van der Waals surface area contributed by atoms with Crippen molar-refractivity contribution in [2.45, 2.75) is 51.4 Å². The molecule has 0 radical (unpaired) electrons. The van der Waals surface area contributed by atoms with Crippen molar-refractivity contribution >= 4 is 29.0 Å². The fourth-order valence-electron chi connectivity index (χ4n) is 1.65. The SMILES string of the molecule is CCS(=O)(=O)c1c(Cl)c(OP(=O)(OC(C)C)C(C)C)nn1C. The first-order chi connectivity index (χ1) is 9.94. The van der Waals surface area contributed by atoms with Crippen molar-refractivity contribution in [2.75, 3.05) is 5.75 Å². The third-order valence-electron chi connectivity index (χ3n) is 2.79. The number of sulfone groups is 1. The molecule has 0 aliphatic heterocycles. The van der Waals surface area contributed by atoms with E-state index in [1.807, 2.05) is 0 Å². The molecule has 10 heteroatoms. The highest BCUT2D eigenvalue weighted by atomic mass is 35.5. The van der Waals surface area contributed by atoms with Gasteiger partial charge in [-0.15, -0.1) is 5.10 Å². The highest BCUT2D eigenvalue weighted by Gasteiger charge is 2.36. The number of aromatic nitrogens is 2. The first-order valence-electron chi connectivity index (χ1n) is 6.87. The number of nitrogens with zero attached hydrogens (tertiary/aromatic N) is 2. The lowest BCUT2D eigenvalue weighted by atomic mass is 10.5. The molecule has 1 aromatic heterocycles. The molecule has 0 aliphatic rings. The van der Waals surface area contributed by atoms with E-state index in [1.165, 1.54) is 14.0 Å². The summed E-state index contributed by atoms with van der Waals surface area (Å²) in [5.41, 5.74) is -0.431. The maximum Gasteiger partial charge on any atom is 0.383 e. The Morgan fingerprint density at radius 2 is 1.86 bits per heavy atom. The molecule has 0 aromatic carbocycles. The molecule has 0 N–H and O–H groups in total. The van der Waals surface area contributed by atoms with Gasteiger partial charge in [-0.05, 0) is 13.8 Å². The number of rotatable bonds is 7. The molecule has 0 spiro atoms. The lowest BCUT2D eigenvalue weighted by molar-refractivity contribution is 0.203. The van der Waals surface area contributed by atoms with Crippen LogP contribution in [0.2, 0.25) is 5.02 Å². The zero-order valence-electron chi connectivity index (χ0n) is 13.5. The van der Waals surface area contributed by atoms with E-state index in [0.29, 0.717) is 0 Å². The summed E-state index contributed by atoms with van der Waals surface area (Å²) in [6.45, 7) is 8.32. The predicted molar refractivity (Wildman–Crippen MR) is 85.5 cm³/mol. The Hall–Kier alpha value is -0.560. The fourth-order valence-corrected chi connectivity index (χ4v) is 4.79. The van der Waals surface area contributed by atoms with E-state index in [4.69, 9.17) is 20.6 Å². The van der Waals surface area contributed by atoms with Crippen LogP contribution < -0.4 is 4.52 Å². The second-order valence-electron chi connectivity index (χ2n) is 5.33. The van der Waals surface area contributed by atoms with Crippen molar-refractivity contribution in [3.8, 4) is 5.88 Å².